The summed E-state index contributed by atoms with van der Waals surface area (Å²) in [4.78, 5) is 0. The quantitative estimate of drug-likeness (QED) is 0.420. The maximum Gasteiger partial charge on any atom is 0.0491 e. The summed E-state index contributed by atoms with van der Waals surface area (Å²) in [7, 11) is 0. The third-order valence-corrected chi connectivity index (χ3v) is 1.81. The Balaban J connectivity index is 3.15. The van der Waals surface area contributed by atoms with Gasteiger partial charge in [0.15, 0.2) is 0 Å². The molecule has 0 aliphatic heterocycles. The normalized spacial score (nSPS) is 13.9. The zero-order valence-electron chi connectivity index (χ0n) is 8.68. The summed E-state index contributed by atoms with van der Waals surface area (Å²) in [6.07, 6.45) is 7.89. The molecule has 0 aliphatic rings. The number of rotatable bonds is 7. The molecule has 0 heterocycles. The van der Waals surface area contributed by atoms with E-state index in [1.165, 1.54) is 12.8 Å². The lowest BCUT2D eigenvalue weighted by atomic mass is 10.1. The minimum absolute atomic E-state index is 0.702. The van der Waals surface area contributed by atoms with Gasteiger partial charge in [0.05, 0.1) is 0 Å². The standard InChI is InChI=1S/C11H22O/c1-4-6-7-8-11(3)10-12-9-5-2/h4,6,11H,5,7-10H2,1-3H3. The lowest BCUT2D eigenvalue weighted by Gasteiger charge is -2.09. The van der Waals surface area contributed by atoms with Gasteiger partial charge in [-0.15, -0.1) is 0 Å². The van der Waals surface area contributed by atoms with Gasteiger partial charge in [0.25, 0.3) is 0 Å². The van der Waals surface area contributed by atoms with Crippen LogP contribution in [-0.2, 0) is 4.74 Å². The second-order valence-corrected chi connectivity index (χ2v) is 3.33. The lowest BCUT2D eigenvalue weighted by molar-refractivity contribution is 0.103. The van der Waals surface area contributed by atoms with E-state index >= 15 is 0 Å². The maximum absolute atomic E-state index is 5.45. The third-order valence-electron chi connectivity index (χ3n) is 1.81. The molecule has 1 unspecified atom stereocenters. The van der Waals surface area contributed by atoms with Crippen molar-refractivity contribution in [3.05, 3.63) is 12.2 Å². The molecule has 0 bridgehead atoms. The molecular formula is C11H22O. The van der Waals surface area contributed by atoms with Gasteiger partial charge in [0.1, 0.15) is 0 Å². The molecule has 1 heteroatoms. The van der Waals surface area contributed by atoms with Gasteiger partial charge >= 0.3 is 0 Å². The molecule has 0 aromatic rings. The molecule has 0 aromatic carbocycles. The zero-order chi connectivity index (χ0) is 9.23. The largest absolute Gasteiger partial charge is 0.381 e. The SMILES string of the molecule is CC=CCCC(C)COCCC. The smallest absolute Gasteiger partial charge is 0.0491 e. The molecule has 0 rings (SSSR count). The van der Waals surface area contributed by atoms with Crippen molar-refractivity contribution in [2.75, 3.05) is 13.2 Å². The Morgan fingerprint density at radius 2 is 2.17 bits per heavy atom. The molecule has 72 valence electrons. The van der Waals surface area contributed by atoms with Crippen LogP contribution in [0.15, 0.2) is 12.2 Å². The summed E-state index contributed by atoms with van der Waals surface area (Å²) in [6, 6.07) is 0. The zero-order valence-corrected chi connectivity index (χ0v) is 8.68. The third kappa shape index (κ3) is 7.80. The highest BCUT2D eigenvalue weighted by atomic mass is 16.5. The number of ether oxygens (including phenoxy) is 1. The van der Waals surface area contributed by atoms with E-state index in [9.17, 15) is 0 Å². The molecule has 0 saturated heterocycles. The highest BCUT2D eigenvalue weighted by Gasteiger charge is 1.99. The first-order valence-electron chi connectivity index (χ1n) is 5.00. The van der Waals surface area contributed by atoms with Crippen LogP contribution >= 0.6 is 0 Å². The van der Waals surface area contributed by atoms with E-state index in [0.29, 0.717) is 5.92 Å². The molecule has 0 amide bonds. The molecule has 0 saturated carbocycles. The number of hydrogen-bond donors (Lipinski definition) is 0. The highest BCUT2D eigenvalue weighted by molar-refractivity contribution is 4.77. The minimum atomic E-state index is 0.702. The van der Waals surface area contributed by atoms with Crippen molar-refractivity contribution in [1.82, 2.24) is 0 Å². The first kappa shape index (κ1) is 11.7. The monoisotopic (exact) mass is 170 g/mol. The first-order valence-corrected chi connectivity index (χ1v) is 5.00. The Bertz CT molecular complexity index is 108. The fourth-order valence-electron chi connectivity index (χ4n) is 1.06. The van der Waals surface area contributed by atoms with Crippen molar-refractivity contribution in [1.29, 1.82) is 0 Å². The van der Waals surface area contributed by atoms with Gasteiger partial charge in [0, 0.05) is 13.2 Å². The molecule has 0 radical (unpaired) electrons. The molecule has 0 aromatic heterocycles. The van der Waals surface area contributed by atoms with E-state index in [1.807, 2.05) is 0 Å². The van der Waals surface area contributed by atoms with Crippen LogP contribution in [0.1, 0.15) is 40.0 Å². The Morgan fingerprint density at radius 1 is 1.42 bits per heavy atom. The van der Waals surface area contributed by atoms with Crippen LogP contribution in [0.25, 0.3) is 0 Å². The van der Waals surface area contributed by atoms with Gasteiger partial charge in [-0.2, -0.15) is 0 Å². The topological polar surface area (TPSA) is 9.23 Å². The van der Waals surface area contributed by atoms with E-state index in [2.05, 4.69) is 32.9 Å². The Labute approximate surface area is 76.8 Å². The minimum Gasteiger partial charge on any atom is -0.381 e. The van der Waals surface area contributed by atoms with Crippen molar-refractivity contribution in [2.24, 2.45) is 5.92 Å². The van der Waals surface area contributed by atoms with Crippen LogP contribution < -0.4 is 0 Å². The predicted octanol–water partition coefficient (Wildman–Crippen LogP) is 3.41. The van der Waals surface area contributed by atoms with E-state index in [4.69, 9.17) is 4.74 Å². The molecule has 0 aliphatic carbocycles. The maximum atomic E-state index is 5.45. The molecule has 0 spiro atoms. The van der Waals surface area contributed by atoms with Crippen molar-refractivity contribution in [3.8, 4) is 0 Å². The van der Waals surface area contributed by atoms with Gasteiger partial charge in [-0.25, -0.2) is 0 Å². The fraction of sp³-hybridized carbons (Fsp3) is 0.818. The average molecular weight is 170 g/mol. The summed E-state index contributed by atoms with van der Waals surface area (Å²) in [5.41, 5.74) is 0. The van der Waals surface area contributed by atoms with E-state index < -0.39 is 0 Å². The second-order valence-electron chi connectivity index (χ2n) is 3.33. The molecule has 12 heavy (non-hydrogen) atoms. The first-order chi connectivity index (χ1) is 5.81. The molecular weight excluding hydrogens is 148 g/mol. The van der Waals surface area contributed by atoms with Gasteiger partial charge < -0.3 is 4.74 Å². The Morgan fingerprint density at radius 3 is 2.75 bits per heavy atom. The van der Waals surface area contributed by atoms with Crippen LogP contribution in [0.5, 0.6) is 0 Å². The predicted molar refractivity (Wildman–Crippen MR) is 54.3 cm³/mol. The van der Waals surface area contributed by atoms with Gasteiger partial charge in [-0.05, 0) is 32.1 Å². The summed E-state index contributed by atoms with van der Waals surface area (Å²) < 4.78 is 5.45. The summed E-state index contributed by atoms with van der Waals surface area (Å²) >= 11 is 0. The number of allylic oxidation sites excluding steroid dienone is 2. The molecule has 1 atom stereocenters. The van der Waals surface area contributed by atoms with Crippen LogP contribution in [0.2, 0.25) is 0 Å². The summed E-state index contributed by atoms with van der Waals surface area (Å²) in [5, 5.41) is 0. The Kier molecular flexibility index (Phi) is 8.57. The fourth-order valence-corrected chi connectivity index (χ4v) is 1.06. The van der Waals surface area contributed by atoms with Crippen molar-refractivity contribution in [3.63, 3.8) is 0 Å². The number of hydrogen-bond acceptors (Lipinski definition) is 1. The van der Waals surface area contributed by atoms with Crippen LogP contribution in [0, 0.1) is 5.92 Å². The molecule has 0 N–H and O–H groups in total. The van der Waals surface area contributed by atoms with Crippen molar-refractivity contribution >= 4 is 0 Å². The summed E-state index contributed by atoms with van der Waals surface area (Å²) in [6.45, 7) is 8.29. The highest BCUT2D eigenvalue weighted by Crippen LogP contribution is 2.06. The van der Waals surface area contributed by atoms with Crippen molar-refractivity contribution in [2.45, 2.75) is 40.0 Å². The van der Waals surface area contributed by atoms with Gasteiger partial charge in [0.2, 0.25) is 0 Å². The lowest BCUT2D eigenvalue weighted by Crippen LogP contribution is -2.05. The van der Waals surface area contributed by atoms with Crippen LogP contribution in [-0.4, -0.2) is 13.2 Å². The summed E-state index contributed by atoms with van der Waals surface area (Å²) in [5.74, 6) is 0.702. The van der Waals surface area contributed by atoms with Crippen molar-refractivity contribution < 1.29 is 4.74 Å². The Hall–Kier alpha value is -0.300. The van der Waals surface area contributed by atoms with Gasteiger partial charge in [-0.1, -0.05) is 26.0 Å². The average Bonchev–Trinajstić information content (AvgIpc) is 2.06. The van der Waals surface area contributed by atoms with Gasteiger partial charge in [-0.3, -0.25) is 0 Å². The van der Waals surface area contributed by atoms with Crippen LogP contribution in [0.4, 0.5) is 0 Å². The van der Waals surface area contributed by atoms with E-state index in [-0.39, 0.29) is 0 Å². The molecule has 1 nitrogen and oxygen atoms in total. The van der Waals surface area contributed by atoms with E-state index in [1.54, 1.807) is 0 Å². The molecule has 0 fully saturated rings. The second kappa shape index (κ2) is 8.79. The van der Waals surface area contributed by atoms with Crippen LogP contribution in [0.3, 0.4) is 0 Å². The van der Waals surface area contributed by atoms with E-state index in [0.717, 1.165) is 19.6 Å².